The molecule has 0 unspecified atom stereocenters. The Bertz CT molecular complexity index is 334. The van der Waals surface area contributed by atoms with Crippen LogP contribution in [0.25, 0.3) is 0 Å². The van der Waals surface area contributed by atoms with Crippen LogP contribution in [-0.2, 0) is 17.8 Å². The van der Waals surface area contributed by atoms with E-state index in [1.807, 2.05) is 6.20 Å². The molecule has 1 N–H and O–H groups in total. The van der Waals surface area contributed by atoms with E-state index in [-0.39, 0.29) is 5.41 Å². The zero-order valence-corrected chi connectivity index (χ0v) is 12.2. The number of hydrogen-bond donors (Lipinski definition) is 1. The van der Waals surface area contributed by atoms with Gasteiger partial charge in [0.05, 0.1) is 6.54 Å². The van der Waals surface area contributed by atoms with Gasteiger partial charge in [-0.15, -0.1) is 0 Å². The van der Waals surface area contributed by atoms with Gasteiger partial charge in [-0.05, 0) is 18.3 Å². The molecule has 0 amide bonds. The molecule has 1 heterocycles. The lowest BCUT2D eigenvalue weighted by Gasteiger charge is -2.24. The highest BCUT2D eigenvalue weighted by atomic mass is 16.5. The Balaban J connectivity index is 2.34. The normalized spacial score (nSPS) is 12.0. The van der Waals surface area contributed by atoms with E-state index in [1.165, 1.54) is 0 Å². The van der Waals surface area contributed by atoms with Crippen molar-refractivity contribution in [2.45, 2.75) is 46.7 Å². The number of aromatic nitrogens is 2. The first-order valence-electron chi connectivity index (χ1n) is 6.78. The maximum Gasteiger partial charge on any atom is 0.122 e. The average Bonchev–Trinajstić information content (AvgIpc) is 2.75. The van der Waals surface area contributed by atoms with Crippen molar-refractivity contribution in [2.24, 2.45) is 5.41 Å². The van der Waals surface area contributed by atoms with Crippen LogP contribution in [0.1, 0.15) is 39.4 Å². The zero-order chi connectivity index (χ0) is 13.4. The quantitative estimate of drug-likeness (QED) is 0.734. The van der Waals surface area contributed by atoms with Gasteiger partial charge < -0.3 is 14.6 Å². The van der Waals surface area contributed by atoms with E-state index in [2.05, 4.69) is 41.8 Å². The van der Waals surface area contributed by atoms with Crippen LogP contribution in [-0.4, -0.2) is 29.8 Å². The zero-order valence-electron chi connectivity index (χ0n) is 12.2. The third kappa shape index (κ3) is 5.19. The summed E-state index contributed by atoms with van der Waals surface area (Å²) in [5.41, 5.74) is 0.262. The van der Waals surface area contributed by atoms with E-state index in [0.717, 1.165) is 44.9 Å². The number of rotatable bonds is 9. The van der Waals surface area contributed by atoms with Crippen molar-refractivity contribution in [1.29, 1.82) is 0 Å². The third-order valence-corrected chi connectivity index (χ3v) is 3.14. The predicted molar refractivity (Wildman–Crippen MR) is 74.5 cm³/mol. The molecule has 0 aliphatic carbocycles. The lowest BCUT2D eigenvalue weighted by Crippen LogP contribution is -2.30. The number of nitrogens with one attached hydrogen (secondary N) is 1. The highest BCUT2D eigenvalue weighted by Gasteiger charge is 2.17. The topological polar surface area (TPSA) is 39.1 Å². The van der Waals surface area contributed by atoms with Crippen LogP contribution in [0.4, 0.5) is 0 Å². The van der Waals surface area contributed by atoms with Crippen molar-refractivity contribution in [2.75, 3.05) is 20.3 Å². The molecular formula is C14H27N3O. The summed E-state index contributed by atoms with van der Waals surface area (Å²) in [5.74, 6) is 1.12. The summed E-state index contributed by atoms with van der Waals surface area (Å²) in [6, 6.07) is 0. The van der Waals surface area contributed by atoms with E-state index < -0.39 is 0 Å². The molecule has 1 aromatic heterocycles. The van der Waals surface area contributed by atoms with Crippen LogP contribution in [0.2, 0.25) is 0 Å². The molecule has 0 radical (unpaired) electrons. The van der Waals surface area contributed by atoms with Crippen LogP contribution in [0, 0.1) is 5.41 Å². The minimum Gasteiger partial charge on any atom is -0.385 e. The van der Waals surface area contributed by atoms with Crippen molar-refractivity contribution in [3.63, 3.8) is 0 Å². The molecule has 0 aromatic carbocycles. The largest absolute Gasteiger partial charge is 0.385 e. The Morgan fingerprint density at radius 2 is 2.22 bits per heavy atom. The molecule has 0 saturated carbocycles. The maximum atomic E-state index is 5.14. The first-order chi connectivity index (χ1) is 8.59. The summed E-state index contributed by atoms with van der Waals surface area (Å²) in [6.45, 7) is 10.4. The summed E-state index contributed by atoms with van der Waals surface area (Å²) >= 11 is 0. The highest BCUT2D eigenvalue weighted by molar-refractivity contribution is 4.92. The minimum atomic E-state index is 0.262. The molecule has 0 aliphatic heterocycles. The van der Waals surface area contributed by atoms with Gasteiger partial charge in [0.1, 0.15) is 5.82 Å². The molecule has 1 rings (SSSR count). The molecule has 0 atom stereocenters. The van der Waals surface area contributed by atoms with Gasteiger partial charge in [-0.25, -0.2) is 4.98 Å². The van der Waals surface area contributed by atoms with E-state index in [0.29, 0.717) is 0 Å². The lowest BCUT2D eigenvalue weighted by molar-refractivity contribution is 0.150. The molecule has 0 aliphatic rings. The number of aryl methyl sites for hydroxylation is 1. The van der Waals surface area contributed by atoms with Crippen molar-refractivity contribution in [3.05, 3.63) is 18.2 Å². The summed E-state index contributed by atoms with van der Waals surface area (Å²) < 4.78 is 7.35. The Morgan fingerprint density at radius 1 is 1.44 bits per heavy atom. The van der Waals surface area contributed by atoms with Gasteiger partial charge in [0, 0.05) is 39.2 Å². The summed E-state index contributed by atoms with van der Waals surface area (Å²) in [6.07, 6.45) is 6.14. The van der Waals surface area contributed by atoms with E-state index in [4.69, 9.17) is 4.74 Å². The van der Waals surface area contributed by atoms with Gasteiger partial charge in [-0.1, -0.05) is 20.8 Å². The number of ether oxygens (including phenoxy) is 1. The monoisotopic (exact) mass is 253 g/mol. The molecule has 0 saturated heterocycles. The van der Waals surface area contributed by atoms with Crippen LogP contribution < -0.4 is 5.32 Å². The molecule has 0 spiro atoms. The van der Waals surface area contributed by atoms with Crippen LogP contribution in [0.5, 0.6) is 0 Å². The molecule has 1 aromatic rings. The van der Waals surface area contributed by atoms with Gasteiger partial charge >= 0.3 is 0 Å². The fourth-order valence-electron chi connectivity index (χ4n) is 1.93. The molecule has 4 nitrogen and oxygen atoms in total. The molecule has 0 fully saturated rings. The first-order valence-corrected chi connectivity index (χ1v) is 6.78. The Labute approximate surface area is 111 Å². The second kappa shape index (κ2) is 7.54. The highest BCUT2D eigenvalue weighted by Crippen LogP contribution is 2.18. The SMILES string of the molecule is CCCn1ccnc1CNCC(C)(C)CCOC. The number of imidazole rings is 1. The Kier molecular flexibility index (Phi) is 6.36. The predicted octanol–water partition coefficient (Wildman–Crippen LogP) is 2.45. The van der Waals surface area contributed by atoms with Crippen molar-refractivity contribution in [1.82, 2.24) is 14.9 Å². The first kappa shape index (κ1) is 15.2. The number of nitrogens with zero attached hydrogens (tertiary/aromatic N) is 2. The number of methoxy groups -OCH3 is 1. The second-order valence-corrected chi connectivity index (χ2v) is 5.55. The Hall–Kier alpha value is -0.870. The third-order valence-electron chi connectivity index (χ3n) is 3.14. The average molecular weight is 253 g/mol. The molecule has 4 heteroatoms. The molecule has 0 bridgehead atoms. The Morgan fingerprint density at radius 3 is 2.89 bits per heavy atom. The van der Waals surface area contributed by atoms with E-state index in [9.17, 15) is 0 Å². The second-order valence-electron chi connectivity index (χ2n) is 5.55. The van der Waals surface area contributed by atoms with Crippen molar-refractivity contribution < 1.29 is 4.74 Å². The van der Waals surface area contributed by atoms with Crippen molar-refractivity contribution >= 4 is 0 Å². The van der Waals surface area contributed by atoms with Gasteiger partial charge in [0.25, 0.3) is 0 Å². The summed E-state index contributed by atoms with van der Waals surface area (Å²) in [5, 5.41) is 3.50. The standard InChI is InChI=1S/C14H27N3O/c1-5-8-17-9-7-16-13(17)11-15-12-14(2,3)6-10-18-4/h7,9,15H,5-6,8,10-12H2,1-4H3. The molecular weight excluding hydrogens is 226 g/mol. The summed E-state index contributed by atoms with van der Waals surface area (Å²) in [4.78, 5) is 4.39. The molecule has 18 heavy (non-hydrogen) atoms. The van der Waals surface area contributed by atoms with Crippen LogP contribution in [0.3, 0.4) is 0 Å². The van der Waals surface area contributed by atoms with Gasteiger partial charge in [0.15, 0.2) is 0 Å². The van der Waals surface area contributed by atoms with Gasteiger partial charge in [-0.2, -0.15) is 0 Å². The van der Waals surface area contributed by atoms with Crippen molar-refractivity contribution in [3.8, 4) is 0 Å². The van der Waals surface area contributed by atoms with E-state index in [1.54, 1.807) is 7.11 Å². The van der Waals surface area contributed by atoms with Crippen LogP contribution >= 0.6 is 0 Å². The smallest absolute Gasteiger partial charge is 0.122 e. The van der Waals surface area contributed by atoms with Gasteiger partial charge in [-0.3, -0.25) is 0 Å². The van der Waals surface area contributed by atoms with Gasteiger partial charge in [0.2, 0.25) is 0 Å². The minimum absolute atomic E-state index is 0.262. The fourth-order valence-corrected chi connectivity index (χ4v) is 1.93. The maximum absolute atomic E-state index is 5.14. The summed E-state index contributed by atoms with van der Waals surface area (Å²) in [7, 11) is 1.76. The fraction of sp³-hybridized carbons (Fsp3) is 0.786. The molecule has 104 valence electrons. The lowest BCUT2D eigenvalue weighted by atomic mass is 9.90. The number of hydrogen-bond acceptors (Lipinski definition) is 3. The van der Waals surface area contributed by atoms with Crippen LogP contribution in [0.15, 0.2) is 12.4 Å². The van der Waals surface area contributed by atoms with E-state index >= 15 is 0 Å².